The Bertz CT molecular complexity index is 900. The number of nitrogens with one attached hydrogen (secondary N) is 2. The predicted molar refractivity (Wildman–Crippen MR) is 104 cm³/mol. The van der Waals surface area contributed by atoms with Gasteiger partial charge >= 0.3 is 0 Å². The molecule has 0 atom stereocenters. The van der Waals surface area contributed by atoms with E-state index in [9.17, 15) is 4.79 Å². The van der Waals surface area contributed by atoms with Gasteiger partial charge < -0.3 is 16.4 Å². The van der Waals surface area contributed by atoms with Crippen molar-refractivity contribution in [2.75, 3.05) is 22.6 Å². The quantitative estimate of drug-likeness (QED) is 0.576. The molecule has 0 spiro atoms. The van der Waals surface area contributed by atoms with E-state index in [2.05, 4.69) is 25.6 Å². The van der Waals surface area contributed by atoms with Gasteiger partial charge in [0.2, 0.25) is 0 Å². The Balaban J connectivity index is 1.65. The van der Waals surface area contributed by atoms with Crippen LogP contribution in [0.1, 0.15) is 16.1 Å². The minimum atomic E-state index is -0.299. The van der Waals surface area contributed by atoms with Gasteiger partial charge in [-0.3, -0.25) is 4.79 Å². The van der Waals surface area contributed by atoms with Crippen LogP contribution < -0.4 is 16.4 Å². The first-order chi connectivity index (χ1) is 12.7. The zero-order valence-electron chi connectivity index (χ0n) is 14.1. The van der Waals surface area contributed by atoms with E-state index in [0.29, 0.717) is 18.1 Å². The summed E-state index contributed by atoms with van der Waals surface area (Å²) in [5.74, 6) is 0.149. The number of hydrogen-bond acceptors (Lipinski definition) is 7. The normalized spacial score (nSPS) is 10.3. The topological polar surface area (TPSA) is 106 Å². The molecule has 0 aliphatic rings. The number of thioether (sulfide) groups is 1. The van der Waals surface area contributed by atoms with E-state index in [1.165, 1.54) is 18.0 Å². The molecule has 7 nitrogen and oxygen atoms in total. The summed E-state index contributed by atoms with van der Waals surface area (Å²) in [4.78, 5) is 24.6. The fourth-order valence-corrected chi connectivity index (χ4v) is 2.57. The van der Waals surface area contributed by atoms with Gasteiger partial charge in [0.25, 0.3) is 5.91 Å². The Morgan fingerprint density at radius 1 is 1.15 bits per heavy atom. The van der Waals surface area contributed by atoms with Crippen molar-refractivity contribution in [1.82, 2.24) is 15.0 Å². The van der Waals surface area contributed by atoms with E-state index in [4.69, 9.17) is 5.73 Å². The number of amides is 1. The van der Waals surface area contributed by atoms with Gasteiger partial charge in [0.05, 0.1) is 18.1 Å². The second-order valence-corrected chi connectivity index (χ2v) is 6.21. The fraction of sp³-hybridized carbons (Fsp3) is 0.111. The molecule has 1 aromatic carbocycles. The minimum Gasteiger partial charge on any atom is -0.382 e. The number of nitrogen functional groups attached to an aromatic ring is 1. The first-order valence-corrected chi connectivity index (χ1v) is 9.09. The summed E-state index contributed by atoms with van der Waals surface area (Å²) in [5.41, 5.74) is 8.54. The van der Waals surface area contributed by atoms with Crippen LogP contribution in [0.3, 0.4) is 0 Å². The minimum absolute atomic E-state index is 0.273. The zero-order chi connectivity index (χ0) is 18.4. The Hall–Kier alpha value is -3.13. The van der Waals surface area contributed by atoms with E-state index >= 15 is 0 Å². The van der Waals surface area contributed by atoms with E-state index in [-0.39, 0.29) is 11.6 Å². The number of aromatic nitrogens is 3. The lowest BCUT2D eigenvalue weighted by Gasteiger charge is -2.10. The van der Waals surface area contributed by atoms with Gasteiger partial charge in [-0.05, 0) is 36.1 Å². The monoisotopic (exact) mass is 366 g/mol. The van der Waals surface area contributed by atoms with E-state index in [1.807, 2.05) is 42.7 Å². The van der Waals surface area contributed by atoms with E-state index in [0.717, 1.165) is 16.3 Å². The summed E-state index contributed by atoms with van der Waals surface area (Å²) in [6.07, 6.45) is 6.60. The highest BCUT2D eigenvalue weighted by atomic mass is 32.2. The summed E-state index contributed by atoms with van der Waals surface area (Å²) < 4.78 is 0. The van der Waals surface area contributed by atoms with Crippen LogP contribution in [0.4, 0.5) is 17.2 Å². The van der Waals surface area contributed by atoms with Crippen LogP contribution in [0.5, 0.6) is 0 Å². The van der Waals surface area contributed by atoms with E-state index < -0.39 is 0 Å². The maximum absolute atomic E-state index is 12.3. The first-order valence-electron chi connectivity index (χ1n) is 7.86. The molecule has 0 saturated carbocycles. The maximum atomic E-state index is 12.3. The van der Waals surface area contributed by atoms with Crippen molar-refractivity contribution in [2.24, 2.45) is 0 Å². The molecule has 3 rings (SSSR count). The number of hydrogen-bond donors (Lipinski definition) is 3. The molecule has 0 aliphatic heterocycles. The van der Waals surface area contributed by atoms with Crippen molar-refractivity contribution in [3.05, 3.63) is 66.2 Å². The molecular formula is C18H18N6OS. The molecule has 2 heterocycles. The molecule has 132 valence electrons. The third kappa shape index (κ3) is 4.48. The highest BCUT2D eigenvalue weighted by Crippen LogP contribution is 2.17. The second-order valence-electron chi connectivity index (χ2n) is 5.39. The molecule has 4 N–H and O–H groups in total. The number of benzene rings is 1. The number of rotatable bonds is 6. The third-order valence-electron chi connectivity index (χ3n) is 3.58. The number of anilines is 3. The molecule has 1 amide bonds. The zero-order valence-corrected chi connectivity index (χ0v) is 15.0. The van der Waals surface area contributed by atoms with Gasteiger partial charge in [0.1, 0.15) is 16.5 Å². The van der Waals surface area contributed by atoms with Crippen LogP contribution in [-0.2, 0) is 6.54 Å². The number of carbonyl (C=O) groups excluding carboxylic acids is 1. The molecule has 0 saturated heterocycles. The van der Waals surface area contributed by atoms with Crippen LogP contribution in [0.15, 0.2) is 60.0 Å². The smallest absolute Gasteiger partial charge is 0.275 e. The average Bonchev–Trinajstić information content (AvgIpc) is 2.68. The van der Waals surface area contributed by atoms with Gasteiger partial charge in [-0.15, -0.1) is 11.8 Å². The van der Waals surface area contributed by atoms with Crippen LogP contribution in [0.2, 0.25) is 0 Å². The van der Waals surface area contributed by atoms with Crippen LogP contribution in [0.25, 0.3) is 0 Å². The third-order valence-corrected chi connectivity index (χ3v) is 4.21. The largest absolute Gasteiger partial charge is 0.382 e. The predicted octanol–water partition coefficient (Wildman–Crippen LogP) is 3.04. The molecule has 26 heavy (non-hydrogen) atoms. The lowest BCUT2D eigenvalue weighted by molar-refractivity contribution is 0.102. The molecule has 2 aromatic heterocycles. The van der Waals surface area contributed by atoms with Gasteiger partial charge in [-0.1, -0.05) is 12.1 Å². The first kappa shape index (κ1) is 17.7. The summed E-state index contributed by atoms with van der Waals surface area (Å²) in [7, 11) is 0. The van der Waals surface area contributed by atoms with Crippen molar-refractivity contribution >= 4 is 34.9 Å². The molecule has 0 bridgehead atoms. The summed E-state index contributed by atoms with van der Waals surface area (Å²) in [5, 5.41) is 6.83. The lowest BCUT2D eigenvalue weighted by atomic mass is 10.2. The van der Waals surface area contributed by atoms with Crippen molar-refractivity contribution in [2.45, 2.75) is 11.6 Å². The SMILES string of the molecule is CSc1cnc(C(=O)Nc2cccc(CNc3cccnc3N)c2)cn1. The fourth-order valence-electron chi connectivity index (χ4n) is 2.26. The number of nitrogens with two attached hydrogens (primary N) is 1. The Kier molecular flexibility index (Phi) is 5.65. The van der Waals surface area contributed by atoms with E-state index in [1.54, 1.807) is 12.4 Å². The molecule has 0 radical (unpaired) electrons. The highest BCUT2D eigenvalue weighted by molar-refractivity contribution is 7.98. The summed E-state index contributed by atoms with van der Waals surface area (Å²) in [6.45, 7) is 0.557. The van der Waals surface area contributed by atoms with Crippen LogP contribution in [0, 0.1) is 0 Å². The standard InChI is InChI=1S/C18H18N6OS/c1-26-16-11-22-15(10-23-16)18(25)24-13-5-2-4-12(8-13)9-21-14-6-3-7-20-17(14)19/h2-8,10-11,21H,9H2,1H3,(H2,19,20)(H,24,25). The number of carbonyl (C=O) groups is 1. The number of pyridine rings is 1. The lowest BCUT2D eigenvalue weighted by Crippen LogP contribution is -2.14. The van der Waals surface area contributed by atoms with Gasteiger partial charge in [-0.2, -0.15) is 0 Å². The van der Waals surface area contributed by atoms with Crippen molar-refractivity contribution < 1.29 is 4.79 Å². The second kappa shape index (κ2) is 8.30. The molecule has 8 heteroatoms. The van der Waals surface area contributed by atoms with Gasteiger partial charge in [-0.25, -0.2) is 15.0 Å². The summed E-state index contributed by atoms with van der Waals surface area (Å²) in [6, 6.07) is 11.2. The molecular weight excluding hydrogens is 348 g/mol. The van der Waals surface area contributed by atoms with Crippen LogP contribution in [-0.4, -0.2) is 27.1 Å². The highest BCUT2D eigenvalue weighted by Gasteiger charge is 2.09. The molecule has 0 unspecified atom stereocenters. The average molecular weight is 366 g/mol. The molecule has 0 aliphatic carbocycles. The summed E-state index contributed by atoms with van der Waals surface area (Å²) >= 11 is 1.47. The maximum Gasteiger partial charge on any atom is 0.275 e. The van der Waals surface area contributed by atoms with Crippen molar-refractivity contribution in [3.63, 3.8) is 0 Å². The Labute approximate surface area is 155 Å². The van der Waals surface area contributed by atoms with Gasteiger partial charge in [0, 0.05) is 18.4 Å². The Morgan fingerprint density at radius 3 is 2.77 bits per heavy atom. The molecule has 0 fully saturated rings. The number of nitrogens with zero attached hydrogens (tertiary/aromatic N) is 3. The van der Waals surface area contributed by atoms with Crippen LogP contribution >= 0.6 is 11.8 Å². The molecule has 3 aromatic rings. The van der Waals surface area contributed by atoms with Gasteiger partial charge in [0.15, 0.2) is 0 Å². The Morgan fingerprint density at radius 2 is 2.04 bits per heavy atom. The van der Waals surface area contributed by atoms with Crippen molar-refractivity contribution in [1.29, 1.82) is 0 Å². The van der Waals surface area contributed by atoms with Crippen molar-refractivity contribution in [3.8, 4) is 0 Å².